The second-order valence-corrected chi connectivity index (χ2v) is 1.89. The summed E-state index contributed by atoms with van der Waals surface area (Å²) in [6.07, 6.45) is 0. The summed E-state index contributed by atoms with van der Waals surface area (Å²) in [4.78, 5) is 0. The summed E-state index contributed by atoms with van der Waals surface area (Å²) in [6, 6.07) is 0.324. The maximum atomic E-state index is 5.41. The quantitative estimate of drug-likeness (QED) is 0.424. The third-order valence-electron chi connectivity index (χ3n) is 1.44. The Balaban J connectivity index is 2.51. The first-order valence-corrected chi connectivity index (χ1v) is 2.17. The van der Waals surface area contributed by atoms with Crippen LogP contribution in [-0.4, -0.2) is 6.04 Å². The van der Waals surface area contributed by atoms with Gasteiger partial charge in [-0.3, -0.25) is 0 Å². The van der Waals surface area contributed by atoms with Crippen LogP contribution >= 0.6 is 0 Å². The lowest BCUT2D eigenvalue weighted by molar-refractivity contribution is 0.898. The second-order valence-electron chi connectivity index (χ2n) is 1.89. The molecule has 0 amide bonds. The Bertz CT molecular complexity index is 75.9. The molecule has 1 saturated carbocycles. The van der Waals surface area contributed by atoms with Crippen LogP contribution in [0.25, 0.3) is 0 Å². The standard InChI is InChI=1S/C5H9N/c1-3-4(2)5(3)6/h4-5H,1,6H2,2H3/t4?,5-/m0/s1. The highest BCUT2D eigenvalue weighted by Gasteiger charge is 2.33. The van der Waals surface area contributed by atoms with Crippen LogP contribution in [0, 0.1) is 5.92 Å². The third-order valence-corrected chi connectivity index (χ3v) is 1.44. The summed E-state index contributed by atoms with van der Waals surface area (Å²) in [7, 11) is 0. The maximum absolute atomic E-state index is 5.41. The van der Waals surface area contributed by atoms with Crippen molar-refractivity contribution >= 4 is 0 Å². The van der Waals surface area contributed by atoms with Gasteiger partial charge < -0.3 is 5.73 Å². The summed E-state index contributed by atoms with van der Waals surface area (Å²) < 4.78 is 0. The molecule has 1 nitrogen and oxygen atoms in total. The van der Waals surface area contributed by atoms with E-state index in [0.717, 1.165) is 0 Å². The van der Waals surface area contributed by atoms with Crippen LogP contribution in [0.1, 0.15) is 6.92 Å². The molecule has 0 aromatic rings. The molecule has 1 rings (SSSR count). The van der Waals surface area contributed by atoms with Gasteiger partial charge in [-0.25, -0.2) is 0 Å². The molecule has 1 fully saturated rings. The van der Waals surface area contributed by atoms with Gasteiger partial charge in [-0.2, -0.15) is 0 Å². The first-order chi connectivity index (χ1) is 2.73. The molecule has 0 radical (unpaired) electrons. The topological polar surface area (TPSA) is 26.0 Å². The van der Waals surface area contributed by atoms with Gasteiger partial charge in [0.25, 0.3) is 0 Å². The van der Waals surface area contributed by atoms with E-state index < -0.39 is 0 Å². The molecule has 34 valence electrons. The summed E-state index contributed by atoms with van der Waals surface area (Å²) >= 11 is 0. The summed E-state index contributed by atoms with van der Waals surface area (Å²) in [5.74, 6) is 0.602. The molecule has 0 bridgehead atoms. The van der Waals surface area contributed by atoms with Gasteiger partial charge in [0.1, 0.15) is 0 Å². The average Bonchev–Trinajstić information content (AvgIpc) is 1.94. The number of hydrogen-bond acceptors (Lipinski definition) is 1. The van der Waals surface area contributed by atoms with Gasteiger partial charge >= 0.3 is 0 Å². The molecule has 1 heteroatoms. The van der Waals surface area contributed by atoms with E-state index in [1.165, 1.54) is 5.57 Å². The van der Waals surface area contributed by atoms with E-state index in [1.807, 2.05) is 0 Å². The Morgan fingerprint density at radius 3 is 2.00 bits per heavy atom. The van der Waals surface area contributed by atoms with Crippen molar-refractivity contribution in [3.8, 4) is 0 Å². The van der Waals surface area contributed by atoms with Gasteiger partial charge in [0.2, 0.25) is 0 Å². The number of hydrogen-bond donors (Lipinski definition) is 1. The van der Waals surface area contributed by atoms with E-state index in [0.29, 0.717) is 12.0 Å². The minimum atomic E-state index is 0.324. The molecule has 0 saturated heterocycles. The third kappa shape index (κ3) is 0.287. The summed E-state index contributed by atoms with van der Waals surface area (Å²) in [5.41, 5.74) is 6.61. The first-order valence-electron chi connectivity index (χ1n) is 2.17. The van der Waals surface area contributed by atoms with Gasteiger partial charge in [-0.05, 0) is 5.92 Å². The van der Waals surface area contributed by atoms with E-state index in [2.05, 4.69) is 13.5 Å². The zero-order valence-corrected chi connectivity index (χ0v) is 3.94. The molecular weight excluding hydrogens is 74.1 g/mol. The Labute approximate surface area is 37.8 Å². The van der Waals surface area contributed by atoms with Crippen LogP contribution in [-0.2, 0) is 0 Å². The zero-order chi connectivity index (χ0) is 4.73. The van der Waals surface area contributed by atoms with Gasteiger partial charge in [0.15, 0.2) is 0 Å². The minimum Gasteiger partial charge on any atom is -0.324 e. The highest BCUT2D eigenvalue weighted by atomic mass is 14.7. The molecule has 0 aromatic carbocycles. The van der Waals surface area contributed by atoms with E-state index in [9.17, 15) is 0 Å². The van der Waals surface area contributed by atoms with Crippen LogP contribution in [0.4, 0.5) is 0 Å². The molecule has 1 aliphatic carbocycles. The first kappa shape index (κ1) is 3.88. The second kappa shape index (κ2) is 0.850. The van der Waals surface area contributed by atoms with Crippen molar-refractivity contribution in [2.75, 3.05) is 0 Å². The van der Waals surface area contributed by atoms with Crippen LogP contribution in [0.5, 0.6) is 0 Å². The average molecular weight is 83.1 g/mol. The molecular formula is C5H9N. The fourth-order valence-corrected chi connectivity index (χ4v) is 0.493. The van der Waals surface area contributed by atoms with Crippen LogP contribution in [0.15, 0.2) is 12.2 Å². The summed E-state index contributed by atoms with van der Waals surface area (Å²) in [6.45, 7) is 5.79. The lowest BCUT2D eigenvalue weighted by Gasteiger charge is -1.67. The van der Waals surface area contributed by atoms with Crippen molar-refractivity contribution in [1.29, 1.82) is 0 Å². The van der Waals surface area contributed by atoms with E-state index in [-0.39, 0.29) is 0 Å². The van der Waals surface area contributed by atoms with Crippen molar-refractivity contribution in [1.82, 2.24) is 0 Å². The predicted molar refractivity (Wildman–Crippen MR) is 26.3 cm³/mol. The fourth-order valence-electron chi connectivity index (χ4n) is 0.493. The fraction of sp³-hybridized carbons (Fsp3) is 0.600. The lowest BCUT2D eigenvalue weighted by atomic mass is 10.5. The smallest absolute Gasteiger partial charge is 0.0318 e. The van der Waals surface area contributed by atoms with Crippen LogP contribution in [0.2, 0.25) is 0 Å². The largest absolute Gasteiger partial charge is 0.324 e. The normalized spacial score (nSPS) is 43.3. The highest BCUT2D eigenvalue weighted by Crippen LogP contribution is 2.32. The van der Waals surface area contributed by atoms with Gasteiger partial charge in [-0.1, -0.05) is 19.1 Å². The molecule has 0 aliphatic heterocycles. The van der Waals surface area contributed by atoms with Crippen molar-refractivity contribution in [3.05, 3.63) is 12.2 Å². The van der Waals surface area contributed by atoms with Crippen LogP contribution in [0.3, 0.4) is 0 Å². The Morgan fingerprint density at radius 1 is 1.83 bits per heavy atom. The Morgan fingerprint density at radius 2 is 2.00 bits per heavy atom. The molecule has 1 unspecified atom stereocenters. The molecule has 0 aromatic heterocycles. The monoisotopic (exact) mass is 83.1 g/mol. The Hall–Kier alpha value is -0.300. The van der Waals surface area contributed by atoms with Crippen molar-refractivity contribution in [2.45, 2.75) is 13.0 Å². The van der Waals surface area contributed by atoms with Gasteiger partial charge in [0, 0.05) is 6.04 Å². The molecule has 6 heavy (non-hydrogen) atoms. The highest BCUT2D eigenvalue weighted by molar-refractivity contribution is 5.28. The molecule has 0 spiro atoms. The van der Waals surface area contributed by atoms with E-state index >= 15 is 0 Å². The van der Waals surface area contributed by atoms with Gasteiger partial charge in [0.05, 0.1) is 0 Å². The number of nitrogens with two attached hydrogens (primary N) is 1. The van der Waals surface area contributed by atoms with E-state index in [4.69, 9.17) is 5.73 Å². The van der Waals surface area contributed by atoms with E-state index in [1.54, 1.807) is 0 Å². The Kier molecular flexibility index (Phi) is 0.549. The van der Waals surface area contributed by atoms with Crippen molar-refractivity contribution in [2.24, 2.45) is 11.7 Å². The van der Waals surface area contributed by atoms with Crippen molar-refractivity contribution < 1.29 is 0 Å². The number of rotatable bonds is 0. The lowest BCUT2D eigenvalue weighted by Crippen LogP contribution is -1.99. The molecule has 1 aliphatic rings. The van der Waals surface area contributed by atoms with Crippen LogP contribution < -0.4 is 5.73 Å². The molecule has 0 heterocycles. The molecule has 2 N–H and O–H groups in total. The molecule has 2 atom stereocenters. The van der Waals surface area contributed by atoms with Gasteiger partial charge in [-0.15, -0.1) is 0 Å². The minimum absolute atomic E-state index is 0.324. The maximum Gasteiger partial charge on any atom is 0.0318 e. The SMILES string of the molecule is C=C1C(C)[C@H]1N. The zero-order valence-electron chi connectivity index (χ0n) is 3.94. The predicted octanol–water partition coefficient (Wildman–Crippen LogP) is 0.520. The summed E-state index contributed by atoms with van der Waals surface area (Å²) in [5, 5.41) is 0. The van der Waals surface area contributed by atoms with Crippen molar-refractivity contribution in [3.63, 3.8) is 0 Å².